The molecule has 2 fully saturated rings. The lowest BCUT2D eigenvalue weighted by atomic mass is 9.95. The molecule has 2 saturated heterocycles. The maximum Gasteiger partial charge on any atom is 0.410 e. The van der Waals surface area contributed by atoms with Crippen LogP contribution in [0, 0.1) is 5.92 Å². The number of piperidine rings is 1. The lowest BCUT2D eigenvalue weighted by Crippen LogP contribution is -2.46. The standard InChI is InChI=1S/C23H31N3O3/c1-24-11-5-8-21(24)22-18-28-15-14-26(22)16-19-9-12-25(13-10-19)23(27)29-17-20-6-3-2-4-7-20/h2-8,11,19,22H,9-10,12-18H2,1H3/t22-/m0/s1. The molecule has 0 spiro atoms. The van der Waals surface area contributed by atoms with Crippen LogP contribution in [0.15, 0.2) is 48.7 Å². The number of nitrogens with zero attached hydrogens (tertiary/aromatic N) is 3. The highest BCUT2D eigenvalue weighted by Crippen LogP contribution is 2.28. The summed E-state index contributed by atoms with van der Waals surface area (Å²) in [5.74, 6) is 0.606. The van der Waals surface area contributed by atoms with Crippen LogP contribution in [0.1, 0.15) is 30.1 Å². The second-order valence-electron chi connectivity index (χ2n) is 8.10. The quantitative estimate of drug-likeness (QED) is 0.775. The molecule has 156 valence electrons. The Bertz CT molecular complexity index is 784. The zero-order valence-corrected chi connectivity index (χ0v) is 17.2. The van der Waals surface area contributed by atoms with Gasteiger partial charge in [0, 0.05) is 45.1 Å². The first kappa shape index (κ1) is 20.0. The Kier molecular flexibility index (Phi) is 6.52. The van der Waals surface area contributed by atoms with E-state index in [0.717, 1.165) is 57.8 Å². The summed E-state index contributed by atoms with van der Waals surface area (Å²) in [4.78, 5) is 16.8. The minimum atomic E-state index is -0.194. The van der Waals surface area contributed by atoms with Crippen LogP contribution in [0.3, 0.4) is 0 Å². The average molecular weight is 398 g/mol. The van der Waals surface area contributed by atoms with Gasteiger partial charge >= 0.3 is 6.09 Å². The summed E-state index contributed by atoms with van der Waals surface area (Å²) in [6.45, 7) is 5.47. The molecule has 0 bridgehead atoms. The molecule has 0 radical (unpaired) electrons. The van der Waals surface area contributed by atoms with E-state index in [1.54, 1.807) is 0 Å². The minimum Gasteiger partial charge on any atom is -0.445 e. The molecule has 6 heteroatoms. The third kappa shape index (κ3) is 5.00. The number of aryl methyl sites for hydroxylation is 1. The van der Waals surface area contributed by atoms with Crippen LogP contribution in [0.4, 0.5) is 4.79 Å². The van der Waals surface area contributed by atoms with Crippen molar-refractivity contribution >= 4 is 6.09 Å². The van der Waals surface area contributed by atoms with Crippen molar-refractivity contribution in [1.82, 2.24) is 14.4 Å². The molecule has 1 aromatic heterocycles. The summed E-state index contributed by atoms with van der Waals surface area (Å²) in [6.07, 6.45) is 3.96. The summed E-state index contributed by atoms with van der Waals surface area (Å²) >= 11 is 0. The van der Waals surface area contributed by atoms with Crippen molar-refractivity contribution in [2.45, 2.75) is 25.5 Å². The van der Waals surface area contributed by atoms with E-state index in [9.17, 15) is 4.79 Å². The molecule has 3 heterocycles. The minimum absolute atomic E-state index is 0.194. The molecule has 29 heavy (non-hydrogen) atoms. The van der Waals surface area contributed by atoms with Gasteiger partial charge in [0.25, 0.3) is 0 Å². The summed E-state index contributed by atoms with van der Waals surface area (Å²) in [7, 11) is 2.10. The van der Waals surface area contributed by atoms with E-state index in [4.69, 9.17) is 9.47 Å². The van der Waals surface area contributed by atoms with Gasteiger partial charge < -0.3 is 18.9 Å². The fourth-order valence-electron chi connectivity index (χ4n) is 4.39. The SMILES string of the molecule is Cn1cccc1[C@@H]1COCCN1CC1CCN(C(=O)OCc2ccccc2)CC1. The van der Waals surface area contributed by atoms with Crippen molar-refractivity contribution in [2.75, 3.05) is 39.4 Å². The Hall–Kier alpha value is -2.31. The number of hydrogen-bond acceptors (Lipinski definition) is 4. The van der Waals surface area contributed by atoms with Gasteiger partial charge in [0.1, 0.15) is 6.61 Å². The predicted octanol–water partition coefficient (Wildman–Crippen LogP) is 3.45. The number of morpholine rings is 1. The van der Waals surface area contributed by atoms with Gasteiger partial charge in [-0.15, -0.1) is 0 Å². The second-order valence-corrected chi connectivity index (χ2v) is 8.10. The number of rotatable bonds is 5. The van der Waals surface area contributed by atoms with E-state index in [-0.39, 0.29) is 6.09 Å². The van der Waals surface area contributed by atoms with E-state index in [1.165, 1.54) is 5.69 Å². The normalized spacial score (nSPS) is 21.3. The molecule has 4 rings (SSSR count). The van der Waals surface area contributed by atoms with Gasteiger partial charge in [-0.2, -0.15) is 0 Å². The number of amides is 1. The Morgan fingerprint density at radius 2 is 1.90 bits per heavy atom. The molecule has 0 aliphatic carbocycles. The molecule has 1 amide bonds. The predicted molar refractivity (Wildman–Crippen MR) is 111 cm³/mol. The highest BCUT2D eigenvalue weighted by Gasteiger charge is 2.30. The van der Waals surface area contributed by atoms with E-state index in [1.807, 2.05) is 35.2 Å². The van der Waals surface area contributed by atoms with Crippen LogP contribution in [-0.2, 0) is 23.1 Å². The van der Waals surface area contributed by atoms with Gasteiger partial charge in [-0.25, -0.2) is 4.79 Å². The van der Waals surface area contributed by atoms with Gasteiger partial charge in [0.15, 0.2) is 0 Å². The van der Waals surface area contributed by atoms with Gasteiger partial charge in [-0.3, -0.25) is 4.90 Å². The molecule has 2 aliphatic heterocycles. The fraction of sp³-hybridized carbons (Fsp3) is 0.522. The molecule has 0 N–H and O–H groups in total. The molecular weight excluding hydrogens is 366 g/mol. The largest absolute Gasteiger partial charge is 0.445 e. The van der Waals surface area contributed by atoms with Crippen LogP contribution < -0.4 is 0 Å². The van der Waals surface area contributed by atoms with Crippen molar-refractivity contribution in [3.63, 3.8) is 0 Å². The molecule has 2 aromatic rings. The molecule has 1 atom stereocenters. The van der Waals surface area contributed by atoms with Crippen molar-refractivity contribution in [3.05, 3.63) is 59.9 Å². The molecule has 2 aliphatic rings. The van der Waals surface area contributed by atoms with Crippen LogP contribution in [-0.4, -0.2) is 59.9 Å². The lowest BCUT2D eigenvalue weighted by Gasteiger charge is -2.40. The molecule has 0 saturated carbocycles. The number of likely N-dealkylation sites (tertiary alicyclic amines) is 1. The van der Waals surface area contributed by atoms with Crippen molar-refractivity contribution in [3.8, 4) is 0 Å². The smallest absolute Gasteiger partial charge is 0.410 e. The average Bonchev–Trinajstić information content (AvgIpc) is 3.19. The highest BCUT2D eigenvalue weighted by atomic mass is 16.6. The van der Waals surface area contributed by atoms with Gasteiger partial charge in [0.05, 0.1) is 19.3 Å². The third-order valence-corrected chi connectivity index (χ3v) is 6.14. The fourth-order valence-corrected chi connectivity index (χ4v) is 4.39. The second kappa shape index (κ2) is 9.46. The zero-order chi connectivity index (χ0) is 20.1. The van der Waals surface area contributed by atoms with Crippen molar-refractivity contribution in [1.29, 1.82) is 0 Å². The van der Waals surface area contributed by atoms with Gasteiger partial charge in [0.2, 0.25) is 0 Å². The molecular formula is C23H31N3O3. The summed E-state index contributed by atoms with van der Waals surface area (Å²) in [5, 5.41) is 0. The number of ether oxygens (including phenoxy) is 2. The van der Waals surface area contributed by atoms with Crippen LogP contribution >= 0.6 is 0 Å². The third-order valence-electron chi connectivity index (χ3n) is 6.14. The monoisotopic (exact) mass is 397 g/mol. The molecule has 0 unspecified atom stereocenters. The summed E-state index contributed by atoms with van der Waals surface area (Å²) in [5.41, 5.74) is 2.33. The first-order valence-corrected chi connectivity index (χ1v) is 10.6. The Balaban J connectivity index is 1.26. The van der Waals surface area contributed by atoms with Crippen LogP contribution in [0.2, 0.25) is 0 Å². The Morgan fingerprint density at radius 1 is 1.10 bits per heavy atom. The summed E-state index contributed by atoms with van der Waals surface area (Å²) in [6, 6.07) is 14.5. The van der Waals surface area contributed by atoms with Crippen LogP contribution in [0.5, 0.6) is 0 Å². The number of hydrogen-bond donors (Lipinski definition) is 0. The highest BCUT2D eigenvalue weighted by molar-refractivity contribution is 5.67. The van der Waals surface area contributed by atoms with E-state index >= 15 is 0 Å². The van der Waals surface area contributed by atoms with Crippen molar-refractivity contribution < 1.29 is 14.3 Å². The van der Waals surface area contributed by atoms with E-state index < -0.39 is 0 Å². The van der Waals surface area contributed by atoms with Crippen LogP contribution in [0.25, 0.3) is 0 Å². The number of carbonyl (C=O) groups excluding carboxylic acids is 1. The molecule has 6 nitrogen and oxygen atoms in total. The maximum absolute atomic E-state index is 12.4. The first-order valence-electron chi connectivity index (χ1n) is 10.6. The van der Waals surface area contributed by atoms with Crippen molar-refractivity contribution in [2.24, 2.45) is 13.0 Å². The zero-order valence-electron chi connectivity index (χ0n) is 17.2. The van der Waals surface area contributed by atoms with E-state index in [2.05, 4.69) is 34.8 Å². The van der Waals surface area contributed by atoms with Gasteiger partial charge in [-0.05, 0) is 36.5 Å². The van der Waals surface area contributed by atoms with Gasteiger partial charge in [-0.1, -0.05) is 30.3 Å². The number of carbonyl (C=O) groups is 1. The maximum atomic E-state index is 12.4. The van der Waals surface area contributed by atoms with E-state index in [0.29, 0.717) is 18.6 Å². The molecule has 1 aromatic carbocycles. The first-order chi connectivity index (χ1) is 14.2. The Labute approximate surface area is 173 Å². The summed E-state index contributed by atoms with van der Waals surface area (Å²) < 4.78 is 13.4. The topological polar surface area (TPSA) is 46.9 Å². The number of aromatic nitrogens is 1. The Morgan fingerprint density at radius 3 is 2.62 bits per heavy atom. The lowest BCUT2D eigenvalue weighted by molar-refractivity contribution is -0.0221. The number of benzene rings is 1.